The Hall–Kier alpha value is -1.88. The first-order valence-corrected chi connectivity index (χ1v) is 15.4. The predicted octanol–water partition coefficient (Wildman–Crippen LogP) is 7.25. The van der Waals surface area contributed by atoms with E-state index in [9.17, 15) is 4.79 Å². The third kappa shape index (κ3) is 4.97. The van der Waals surface area contributed by atoms with Gasteiger partial charge >= 0.3 is 0 Å². The van der Waals surface area contributed by atoms with E-state index in [1.54, 1.807) is 11.8 Å². The number of nitrogens with zero attached hydrogens (tertiary/aromatic N) is 1. The largest absolute Gasteiger partial charge is 0.493 e. The molecule has 36 heavy (non-hydrogen) atoms. The molecule has 0 bridgehead atoms. The van der Waals surface area contributed by atoms with Gasteiger partial charge in [0.25, 0.3) is 5.91 Å². The van der Waals surface area contributed by atoms with Crippen LogP contribution >= 0.6 is 11.8 Å². The van der Waals surface area contributed by atoms with Crippen LogP contribution in [0.3, 0.4) is 0 Å². The summed E-state index contributed by atoms with van der Waals surface area (Å²) in [6.07, 6.45) is 12.3. The van der Waals surface area contributed by atoms with Crippen LogP contribution < -0.4 is 10.1 Å². The van der Waals surface area contributed by atoms with Gasteiger partial charge in [0.05, 0.1) is 12.2 Å². The van der Waals surface area contributed by atoms with Crippen LogP contribution in [0.4, 0.5) is 0 Å². The van der Waals surface area contributed by atoms with Gasteiger partial charge in [-0.25, -0.2) is 0 Å². The van der Waals surface area contributed by atoms with Crippen LogP contribution in [0.15, 0.2) is 18.2 Å². The van der Waals surface area contributed by atoms with E-state index < -0.39 is 0 Å². The molecule has 1 N–H and O–H groups in total. The Morgan fingerprint density at radius 1 is 1.14 bits per heavy atom. The topological polar surface area (TPSA) is 43.3 Å². The monoisotopic (exact) mass is 508 g/mol. The maximum Gasteiger partial charge on any atom is 0.253 e. The van der Waals surface area contributed by atoms with Crippen molar-refractivity contribution in [1.82, 2.24) is 9.88 Å². The van der Waals surface area contributed by atoms with Gasteiger partial charge < -0.3 is 14.6 Å². The zero-order chi connectivity index (χ0) is 25.5. The van der Waals surface area contributed by atoms with Gasteiger partial charge in [-0.05, 0) is 80.4 Å². The van der Waals surface area contributed by atoms with Gasteiger partial charge in [-0.15, -0.1) is 0 Å². The van der Waals surface area contributed by atoms with Crippen molar-refractivity contribution in [2.75, 3.05) is 25.2 Å². The first-order valence-electron chi connectivity index (χ1n) is 14.0. The average molecular weight is 509 g/mol. The van der Waals surface area contributed by atoms with Crippen molar-refractivity contribution < 1.29 is 9.53 Å². The molecule has 2 aromatic rings. The van der Waals surface area contributed by atoms with E-state index in [1.165, 1.54) is 67.3 Å². The lowest BCUT2D eigenvalue weighted by Crippen LogP contribution is -2.26. The van der Waals surface area contributed by atoms with E-state index in [0.717, 1.165) is 42.3 Å². The molecule has 0 radical (unpaired) electrons. The molecule has 4 nitrogen and oxygen atoms in total. The zero-order valence-corrected chi connectivity index (χ0v) is 23.8. The Kier molecular flexibility index (Phi) is 7.24. The fraction of sp³-hybridized carbons (Fsp3) is 0.645. The van der Waals surface area contributed by atoms with Crippen LogP contribution in [0.2, 0.25) is 0 Å². The first-order chi connectivity index (χ1) is 17.2. The number of ether oxygens (including phenoxy) is 1. The number of benzene rings is 1. The molecule has 1 aliphatic heterocycles. The molecule has 2 fully saturated rings. The number of rotatable bonds is 7. The lowest BCUT2D eigenvalue weighted by Gasteiger charge is -2.33. The van der Waals surface area contributed by atoms with Crippen molar-refractivity contribution in [2.24, 2.45) is 5.92 Å². The minimum atomic E-state index is -0.0125. The zero-order valence-electron chi connectivity index (χ0n) is 23.0. The smallest absolute Gasteiger partial charge is 0.253 e. The molecule has 2 saturated carbocycles. The SMILES string of the molecule is CSCCNC(=O)c1cc(-c2cc(C(C)(C)C)c3c(c2)C2(CCO3)CC2)n(CC2CCCCC2)c1C. The van der Waals surface area contributed by atoms with Crippen molar-refractivity contribution in [1.29, 1.82) is 0 Å². The molecule has 2 aliphatic carbocycles. The molecule has 1 aromatic heterocycles. The summed E-state index contributed by atoms with van der Waals surface area (Å²) in [6, 6.07) is 6.95. The van der Waals surface area contributed by atoms with E-state index in [4.69, 9.17) is 4.74 Å². The van der Waals surface area contributed by atoms with Gasteiger partial charge in [-0.2, -0.15) is 11.8 Å². The Bertz CT molecular complexity index is 1100. The molecular formula is C31H44N2O2S. The minimum Gasteiger partial charge on any atom is -0.493 e. The van der Waals surface area contributed by atoms with Gasteiger partial charge in [-0.3, -0.25) is 4.79 Å². The Labute approximate surface area is 222 Å². The molecule has 3 aliphatic rings. The lowest BCUT2D eigenvalue weighted by molar-refractivity contribution is 0.0955. The Balaban J connectivity index is 1.62. The third-order valence-corrected chi connectivity index (χ3v) is 9.43. The van der Waals surface area contributed by atoms with E-state index in [2.05, 4.69) is 62.0 Å². The van der Waals surface area contributed by atoms with E-state index in [0.29, 0.717) is 17.9 Å². The number of fused-ring (bicyclic) bond motifs is 2. The van der Waals surface area contributed by atoms with E-state index >= 15 is 0 Å². The highest BCUT2D eigenvalue weighted by atomic mass is 32.2. The van der Waals surface area contributed by atoms with E-state index in [1.807, 2.05) is 0 Å². The van der Waals surface area contributed by atoms with Crippen molar-refractivity contribution in [3.8, 4) is 17.0 Å². The molecule has 1 spiro atoms. The summed E-state index contributed by atoms with van der Waals surface area (Å²) in [5.41, 5.74) is 7.37. The maximum absolute atomic E-state index is 13.2. The number of aromatic nitrogens is 1. The summed E-state index contributed by atoms with van der Waals surface area (Å²) < 4.78 is 8.82. The lowest BCUT2D eigenvalue weighted by atomic mass is 9.79. The predicted molar refractivity (Wildman–Crippen MR) is 152 cm³/mol. The molecule has 1 aromatic carbocycles. The fourth-order valence-corrected chi connectivity index (χ4v) is 6.68. The second kappa shape index (κ2) is 10.1. The van der Waals surface area contributed by atoms with Crippen molar-refractivity contribution in [3.05, 3.63) is 40.6 Å². The molecule has 2 heterocycles. The standard InChI is InChI=1S/C31H44N2O2S/c1-21-24(29(34)32-14-16-36-5)19-27(33(21)20-22-9-7-6-8-10-22)23-17-25(30(2,3)4)28-26(18-23)31(11-12-31)13-15-35-28/h17-19,22H,6-16,20H2,1-5H3,(H,32,34). The number of thioether (sulfide) groups is 1. The second-order valence-electron chi connectivity index (χ2n) is 12.4. The molecule has 5 heteroatoms. The molecular weight excluding hydrogens is 464 g/mol. The van der Waals surface area contributed by atoms with Gasteiger partial charge in [0.1, 0.15) is 5.75 Å². The number of hydrogen-bond acceptors (Lipinski definition) is 3. The second-order valence-corrected chi connectivity index (χ2v) is 13.4. The van der Waals surface area contributed by atoms with Crippen LogP contribution in [0, 0.1) is 12.8 Å². The maximum atomic E-state index is 13.2. The van der Waals surface area contributed by atoms with Crippen molar-refractivity contribution in [3.63, 3.8) is 0 Å². The number of carbonyl (C=O) groups is 1. The van der Waals surface area contributed by atoms with Gasteiger partial charge in [0.2, 0.25) is 0 Å². The Morgan fingerprint density at radius 3 is 2.56 bits per heavy atom. The summed E-state index contributed by atoms with van der Waals surface area (Å²) >= 11 is 1.76. The highest BCUT2D eigenvalue weighted by molar-refractivity contribution is 7.98. The van der Waals surface area contributed by atoms with Crippen LogP contribution in [0.1, 0.15) is 99.3 Å². The van der Waals surface area contributed by atoms with Crippen LogP contribution in [-0.4, -0.2) is 35.6 Å². The summed E-state index contributed by atoms with van der Waals surface area (Å²) in [5.74, 6) is 2.81. The normalized spacial score (nSPS) is 19.1. The van der Waals surface area contributed by atoms with Gasteiger partial charge in [-0.1, -0.05) is 40.0 Å². The fourth-order valence-electron chi connectivity index (χ4n) is 6.38. The van der Waals surface area contributed by atoms with Crippen LogP contribution in [0.5, 0.6) is 5.75 Å². The van der Waals surface area contributed by atoms with Crippen molar-refractivity contribution >= 4 is 17.7 Å². The highest BCUT2D eigenvalue weighted by Crippen LogP contribution is 2.58. The summed E-state index contributed by atoms with van der Waals surface area (Å²) in [7, 11) is 0. The first kappa shape index (κ1) is 25.8. The van der Waals surface area contributed by atoms with Crippen molar-refractivity contribution in [2.45, 2.75) is 96.4 Å². The molecule has 1 amide bonds. The Morgan fingerprint density at radius 2 is 1.89 bits per heavy atom. The number of nitrogens with one attached hydrogen (secondary N) is 1. The summed E-state index contributed by atoms with van der Waals surface area (Å²) in [5, 5.41) is 3.15. The third-order valence-electron chi connectivity index (χ3n) is 8.81. The number of hydrogen-bond donors (Lipinski definition) is 1. The minimum absolute atomic E-state index is 0.0125. The molecule has 0 saturated heterocycles. The number of amides is 1. The van der Waals surface area contributed by atoms with Gasteiger partial charge in [0.15, 0.2) is 0 Å². The molecule has 5 rings (SSSR count). The van der Waals surface area contributed by atoms with Gasteiger partial charge in [0, 0.05) is 46.8 Å². The average Bonchev–Trinajstić information content (AvgIpc) is 3.55. The molecule has 0 unspecified atom stereocenters. The van der Waals surface area contributed by atoms with Crippen LogP contribution in [-0.2, 0) is 17.4 Å². The number of carbonyl (C=O) groups excluding carboxylic acids is 1. The van der Waals surface area contributed by atoms with Crippen LogP contribution in [0.25, 0.3) is 11.3 Å². The summed E-state index contributed by atoms with van der Waals surface area (Å²) in [6.45, 7) is 11.6. The summed E-state index contributed by atoms with van der Waals surface area (Å²) in [4.78, 5) is 13.2. The molecule has 196 valence electrons. The molecule has 0 atom stereocenters. The quantitative estimate of drug-likeness (QED) is 0.401. The van der Waals surface area contributed by atoms with E-state index in [-0.39, 0.29) is 11.3 Å². The highest BCUT2D eigenvalue weighted by Gasteiger charge is 2.49.